The van der Waals surface area contributed by atoms with E-state index in [2.05, 4.69) is 15.2 Å². The highest BCUT2D eigenvalue weighted by molar-refractivity contribution is 7.92. The van der Waals surface area contributed by atoms with Crippen LogP contribution in [0.3, 0.4) is 0 Å². The number of azo groups is 1. The molecule has 34 heavy (non-hydrogen) atoms. The average Bonchev–Trinajstić information content (AvgIpc) is 3.13. The van der Waals surface area contributed by atoms with Gasteiger partial charge in [-0.3, -0.25) is 9.10 Å². The van der Waals surface area contributed by atoms with E-state index in [1.165, 1.54) is 18.2 Å². The molecule has 0 unspecified atom stereocenters. The van der Waals surface area contributed by atoms with Crippen molar-refractivity contribution in [2.45, 2.75) is 18.7 Å². The van der Waals surface area contributed by atoms with Crippen LogP contribution in [-0.2, 0) is 14.8 Å². The van der Waals surface area contributed by atoms with Crippen molar-refractivity contribution in [1.29, 1.82) is 0 Å². The molecule has 0 saturated carbocycles. The van der Waals surface area contributed by atoms with Crippen LogP contribution in [-0.4, -0.2) is 31.0 Å². The summed E-state index contributed by atoms with van der Waals surface area (Å²) in [5, 5.41) is 18.6. The topological polar surface area (TPSA) is 115 Å². The molecule has 1 heterocycles. The van der Waals surface area contributed by atoms with Gasteiger partial charge in [-0.05, 0) is 49.7 Å². The lowest BCUT2D eigenvalue weighted by Gasteiger charge is -2.25. The molecule has 0 fully saturated rings. The van der Waals surface area contributed by atoms with Crippen molar-refractivity contribution < 1.29 is 18.3 Å². The monoisotopic (exact) mass is 496 g/mol. The minimum absolute atomic E-state index is 0.0245. The number of benzene rings is 3. The lowest BCUT2D eigenvalue weighted by Crippen LogP contribution is -2.35. The predicted octanol–water partition coefficient (Wildman–Crippen LogP) is 5.65. The van der Waals surface area contributed by atoms with Crippen molar-refractivity contribution in [1.82, 2.24) is 4.98 Å². The molecule has 1 amide bonds. The van der Waals surface area contributed by atoms with E-state index >= 15 is 0 Å². The van der Waals surface area contributed by atoms with E-state index in [0.29, 0.717) is 21.5 Å². The lowest BCUT2D eigenvalue weighted by molar-refractivity contribution is -0.116. The molecule has 3 aromatic carbocycles. The summed E-state index contributed by atoms with van der Waals surface area (Å²) in [5.74, 6) is -1.06. The third-order valence-corrected chi connectivity index (χ3v) is 7.26. The molecule has 8 nitrogen and oxygen atoms in total. The number of hydrogen-bond donors (Lipinski definition) is 2. The van der Waals surface area contributed by atoms with Crippen LogP contribution in [0.4, 0.5) is 11.4 Å². The van der Waals surface area contributed by atoms with Gasteiger partial charge < -0.3 is 10.1 Å². The summed E-state index contributed by atoms with van der Waals surface area (Å²) in [6, 6.07) is 18.1. The first-order chi connectivity index (χ1) is 16.2. The van der Waals surface area contributed by atoms with Gasteiger partial charge in [0.25, 0.3) is 15.9 Å². The third-order valence-electron chi connectivity index (χ3n) is 5.25. The number of halogens is 1. The molecule has 174 valence electrons. The number of para-hydroxylation sites is 1. The lowest BCUT2D eigenvalue weighted by atomic mass is 10.2. The quantitative estimate of drug-likeness (QED) is 0.335. The van der Waals surface area contributed by atoms with Gasteiger partial charge in [-0.25, -0.2) is 8.42 Å². The molecule has 0 bridgehead atoms. The Kier molecular flexibility index (Phi) is 6.41. The van der Waals surface area contributed by atoms with Crippen molar-refractivity contribution in [3.63, 3.8) is 0 Å². The van der Waals surface area contributed by atoms with E-state index < -0.39 is 22.5 Å². The maximum atomic E-state index is 13.5. The number of aromatic hydroxyl groups is 1. The van der Waals surface area contributed by atoms with Gasteiger partial charge in [0.2, 0.25) is 5.88 Å². The third kappa shape index (κ3) is 4.66. The minimum atomic E-state index is -4.12. The van der Waals surface area contributed by atoms with Crippen LogP contribution in [0.1, 0.15) is 11.1 Å². The summed E-state index contributed by atoms with van der Waals surface area (Å²) in [5.41, 5.74) is 2.48. The Morgan fingerprint density at radius 3 is 2.50 bits per heavy atom. The molecule has 2 N–H and O–H groups in total. The van der Waals surface area contributed by atoms with Crippen LogP contribution >= 0.6 is 11.6 Å². The van der Waals surface area contributed by atoms with Gasteiger partial charge in [0.1, 0.15) is 6.54 Å². The van der Waals surface area contributed by atoms with Gasteiger partial charge >= 0.3 is 0 Å². The Labute approximate surface area is 201 Å². The number of fused-ring (bicyclic) bond motifs is 1. The Morgan fingerprint density at radius 2 is 1.76 bits per heavy atom. The number of hydrogen-bond acceptors (Lipinski definition) is 5. The fourth-order valence-electron chi connectivity index (χ4n) is 3.46. The molecule has 4 aromatic rings. The number of amides is 1. The number of H-pyrrole nitrogens is 1. The summed E-state index contributed by atoms with van der Waals surface area (Å²) >= 11 is 6.14. The van der Waals surface area contributed by atoms with Crippen LogP contribution < -0.4 is 4.31 Å². The van der Waals surface area contributed by atoms with E-state index in [4.69, 9.17) is 11.6 Å². The second kappa shape index (κ2) is 9.28. The number of aromatic amines is 1. The fraction of sp³-hybridized carbons (Fsp3) is 0.125. The Balaban J connectivity index is 1.71. The van der Waals surface area contributed by atoms with Gasteiger partial charge in [0.05, 0.1) is 16.1 Å². The fourth-order valence-corrected chi connectivity index (χ4v) is 5.10. The number of aromatic nitrogens is 1. The SMILES string of the molecule is Cc1ccc(S(=O)(=O)N(CC(=O)N=Nc2c(O)[nH]c3ccccc23)c2cc(Cl)ccc2C)cc1. The van der Waals surface area contributed by atoms with E-state index in [0.717, 1.165) is 9.87 Å². The number of anilines is 1. The summed E-state index contributed by atoms with van der Waals surface area (Å²) in [4.78, 5) is 15.6. The van der Waals surface area contributed by atoms with E-state index in [1.54, 1.807) is 55.5 Å². The van der Waals surface area contributed by atoms with Crippen molar-refractivity contribution in [2.75, 3.05) is 10.8 Å². The standard InChI is InChI=1S/C24H21ClN4O4S/c1-15-7-11-18(12-8-15)34(32,33)29(21-13-17(25)10-9-16(21)2)14-22(30)27-28-23-19-5-3-4-6-20(19)26-24(23)31/h3-13,26,31H,14H2,1-2H3. The highest BCUT2D eigenvalue weighted by Crippen LogP contribution is 2.35. The maximum Gasteiger partial charge on any atom is 0.285 e. The van der Waals surface area contributed by atoms with Crippen LogP contribution in [0.25, 0.3) is 10.9 Å². The Hall–Kier alpha value is -3.69. The second-order valence-electron chi connectivity index (χ2n) is 7.72. The number of nitrogens with one attached hydrogen (secondary N) is 1. The number of aryl methyl sites for hydroxylation is 2. The number of carbonyl (C=O) groups excluding carboxylic acids is 1. The molecule has 10 heteroatoms. The second-order valence-corrected chi connectivity index (χ2v) is 10.0. The number of carbonyl (C=O) groups is 1. The summed E-state index contributed by atoms with van der Waals surface area (Å²) in [7, 11) is -4.12. The molecule has 0 saturated heterocycles. The van der Waals surface area contributed by atoms with Crippen LogP contribution in [0.5, 0.6) is 5.88 Å². The molecule has 0 radical (unpaired) electrons. The molecule has 0 aliphatic heterocycles. The number of nitrogens with zero attached hydrogens (tertiary/aromatic N) is 3. The maximum absolute atomic E-state index is 13.5. The smallest absolute Gasteiger partial charge is 0.285 e. The van der Waals surface area contributed by atoms with Crippen LogP contribution in [0, 0.1) is 13.8 Å². The molecular weight excluding hydrogens is 476 g/mol. The van der Waals surface area contributed by atoms with Crippen molar-refractivity contribution in [3.05, 3.63) is 82.9 Å². The summed E-state index contributed by atoms with van der Waals surface area (Å²) in [6.07, 6.45) is 0. The Bertz CT molecular complexity index is 1510. The van der Waals surface area contributed by atoms with E-state index in [-0.39, 0.29) is 22.2 Å². The van der Waals surface area contributed by atoms with Crippen molar-refractivity contribution in [3.8, 4) is 5.88 Å². The zero-order valence-electron chi connectivity index (χ0n) is 18.4. The highest BCUT2D eigenvalue weighted by Gasteiger charge is 2.28. The highest BCUT2D eigenvalue weighted by atomic mass is 35.5. The van der Waals surface area contributed by atoms with Gasteiger partial charge in [-0.1, -0.05) is 53.6 Å². The van der Waals surface area contributed by atoms with Crippen molar-refractivity contribution in [2.24, 2.45) is 10.2 Å². The first kappa shape index (κ1) is 23.5. The molecular formula is C24H21ClN4O4S. The minimum Gasteiger partial charge on any atom is -0.493 e. The molecule has 4 rings (SSSR count). The number of rotatable bonds is 6. The first-order valence-corrected chi connectivity index (χ1v) is 12.1. The van der Waals surface area contributed by atoms with Gasteiger partial charge in [-0.2, -0.15) is 0 Å². The van der Waals surface area contributed by atoms with Crippen LogP contribution in [0.2, 0.25) is 5.02 Å². The van der Waals surface area contributed by atoms with E-state index in [9.17, 15) is 18.3 Å². The Morgan fingerprint density at radius 1 is 1.06 bits per heavy atom. The predicted molar refractivity (Wildman–Crippen MR) is 131 cm³/mol. The average molecular weight is 497 g/mol. The molecule has 0 spiro atoms. The normalized spacial score (nSPS) is 11.9. The molecule has 0 aliphatic rings. The van der Waals surface area contributed by atoms with Gasteiger partial charge in [0, 0.05) is 10.4 Å². The first-order valence-electron chi connectivity index (χ1n) is 10.3. The molecule has 0 aliphatic carbocycles. The van der Waals surface area contributed by atoms with Gasteiger partial charge in [-0.15, -0.1) is 10.2 Å². The zero-order valence-corrected chi connectivity index (χ0v) is 19.9. The van der Waals surface area contributed by atoms with Crippen molar-refractivity contribution >= 4 is 49.8 Å². The summed E-state index contributed by atoms with van der Waals surface area (Å²) < 4.78 is 28.0. The number of sulfonamides is 1. The van der Waals surface area contributed by atoms with Crippen LogP contribution in [0.15, 0.2) is 81.9 Å². The molecule has 0 atom stereocenters. The summed E-state index contributed by atoms with van der Waals surface area (Å²) in [6.45, 7) is 2.96. The molecule has 1 aromatic heterocycles. The van der Waals surface area contributed by atoms with E-state index in [1.807, 2.05) is 6.92 Å². The zero-order chi connectivity index (χ0) is 24.5. The van der Waals surface area contributed by atoms with Gasteiger partial charge in [0.15, 0.2) is 5.69 Å². The largest absolute Gasteiger partial charge is 0.493 e.